The Morgan fingerprint density at radius 1 is 1.39 bits per heavy atom. The van der Waals surface area contributed by atoms with E-state index in [1.165, 1.54) is 0 Å². The average molecular weight is 411 g/mol. The summed E-state index contributed by atoms with van der Waals surface area (Å²) < 4.78 is 23.1. The topological polar surface area (TPSA) is 70.1 Å². The number of aromatic nitrogens is 1. The Morgan fingerprint density at radius 2 is 2.18 bits per heavy atom. The Morgan fingerprint density at radius 3 is 2.86 bits per heavy atom. The Balaban J connectivity index is 1.39. The fourth-order valence-electron chi connectivity index (χ4n) is 3.89. The molecule has 0 N–H and O–H groups in total. The maximum Gasteiger partial charge on any atom is 0.410 e. The van der Waals surface area contributed by atoms with E-state index in [2.05, 4.69) is 4.98 Å². The summed E-state index contributed by atoms with van der Waals surface area (Å²) in [5.41, 5.74) is 0.931. The van der Waals surface area contributed by atoms with E-state index in [1.54, 1.807) is 11.0 Å². The number of halogens is 1. The molecule has 2 saturated heterocycles. The van der Waals surface area contributed by atoms with E-state index >= 15 is 0 Å². The first-order valence-electron chi connectivity index (χ1n) is 9.78. The first-order valence-corrected chi connectivity index (χ1v) is 10.2. The predicted molar refractivity (Wildman–Crippen MR) is 103 cm³/mol. The number of amides is 1. The number of hydrogen-bond donors (Lipinski definition) is 0. The van der Waals surface area contributed by atoms with Crippen LogP contribution in [0.3, 0.4) is 0 Å². The summed E-state index contributed by atoms with van der Waals surface area (Å²) in [6.45, 7) is 9.18. The molecular formula is C20H27ClN2O5. The number of pyridine rings is 1. The fourth-order valence-corrected chi connectivity index (χ4v) is 4.07. The van der Waals surface area contributed by atoms with Gasteiger partial charge in [0.15, 0.2) is 0 Å². The monoisotopic (exact) mass is 410 g/mol. The molecule has 4 rings (SSSR count). The van der Waals surface area contributed by atoms with Crippen molar-refractivity contribution in [2.24, 2.45) is 5.92 Å². The van der Waals surface area contributed by atoms with Gasteiger partial charge in [-0.2, -0.15) is 0 Å². The van der Waals surface area contributed by atoms with Gasteiger partial charge in [-0.1, -0.05) is 11.6 Å². The maximum atomic E-state index is 12.1. The minimum Gasteiger partial charge on any atom is -0.493 e. The Labute approximate surface area is 170 Å². The molecular weight excluding hydrogens is 384 g/mol. The zero-order valence-electron chi connectivity index (χ0n) is 16.6. The van der Waals surface area contributed by atoms with Crippen LogP contribution in [0, 0.1) is 5.92 Å². The van der Waals surface area contributed by atoms with Gasteiger partial charge in [0.2, 0.25) is 0 Å². The first kappa shape index (κ1) is 19.7. The second kappa shape index (κ2) is 7.35. The minimum absolute atomic E-state index is 0.270. The lowest BCUT2D eigenvalue weighted by Gasteiger charge is -2.40. The summed E-state index contributed by atoms with van der Waals surface area (Å²) in [6, 6.07) is 1.78. The molecule has 2 fully saturated rings. The smallest absolute Gasteiger partial charge is 0.410 e. The zero-order valence-corrected chi connectivity index (χ0v) is 17.4. The molecule has 28 heavy (non-hydrogen) atoms. The molecule has 3 aliphatic rings. The molecule has 1 spiro atoms. The molecule has 0 saturated carbocycles. The number of rotatable bonds is 3. The van der Waals surface area contributed by atoms with Crippen LogP contribution in [-0.2, 0) is 26.2 Å². The van der Waals surface area contributed by atoms with E-state index in [0.29, 0.717) is 44.7 Å². The number of carbonyl (C=O) groups excluding carboxylic acids is 1. The number of ether oxygens (including phenoxy) is 4. The summed E-state index contributed by atoms with van der Waals surface area (Å²) in [7, 11) is 0. The van der Waals surface area contributed by atoms with Gasteiger partial charge in [-0.15, -0.1) is 0 Å². The number of likely N-dealkylation sites (tertiary alicyclic amines) is 1. The van der Waals surface area contributed by atoms with Gasteiger partial charge in [-0.05, 0) is 20.8 Å². The quantitative estimate of drug-likeness (QED) is 0.713. The predicted octanol–water partition coefficient (Wildman–Crippen LogP) is 3.17. The Bertz CT molecular complexity index is 752. The molecule has 0 aliphatic carbocycles. The highest BCUT2D eigenvalue weighted by Crippen LogP contribution is 2.42. The molecule has 0 bridgehead atoms. The van der Waals surface area contributed by atoms with Crippen molar-refractivity contribution in [2.75, 3.05) is 39.5 Å². The Kier molecular flexibility index (Phi) is 5.18. The van der Waals surface area contributed by atoms with Gasteiger partial charge < -0.3 is 23.8 Å². The van der Waals surface area contributed by atoms with E-state index in [0.717, 1.165) is 29.8 Å². The van der Waals surface area contributed by atoms with Crippen molar-refractivity contribution in [3.8, 4) is 5.75 Å². The van der Waals surface area contributed by atoms with E-state index in [9.17, 15) is 4.79 Å². The summed E-state index contributed by atoms with van der Waals surface area (Å²) >= 11 is 6.28. The van der Waals surface area contributed by atoms with Crippen LogP contribution in [0.4, 0.5) is 4.79 Å². The zero-order chi connectivity index (χ0) is 19.9. The van der Waals surface area contributed by atoms with Gasteiger partial charge >= 0.3 is 6.09 Å². The second-order valence-electron chi connectivity index (χ2n) is 8.73. The molecule has 1 atom stereocenters. The van der Waals surface area contributed by atoms with Crippen LogP contribution in [0.25, 0.3) is 0 Å². The molecule has 1 unspecified atom stereocenters. The van der Waals surface area contributed by atoms with Crippen molar-refractivity contribution in [2.45, 2.75) is 44.8 Å². The van der Waals surface area contributed by atoms with Crippen molar-refractivity contribution in [3.63, 3.8) is 0 Å². The van der Waals surface area contributed by atoms with Gasteiger partial charge in [0.05, 0.1) is 25.5 Å². The highest BCUT2D eigenvalue weighted by atomic mass is 35.5. The summed E-state index contributed by atoms with van der Waals surface area (Å²) in [5.74, 6) is 1.04. The van der Waals surface area contributed by atoms with Gasteiger partial charge in [0.1, 0.15) is 22.1 Å². The van der Waals surface area contributed by atoms with Crippen molar-refractivity contribution in [1.29, 1.82) is 0 Å². The number of nitrogens with zero attached hydrogens (tertiary/aromatic N) is 2. The van der Waals surface area contributed by atoms with Crippen LogP contribution in [0.15, 0.2) is 6.07 Å². The Hall–Kier alpha value is -1.57. The van der Waals surface area contributed by atoms with Crippen LogP contribution < -0.4 is 4.74 Å². The molecule has 3 aliphatic heterocycles. The third-order valence-electron chi connectivity index (χ3n) is 5.28. The van der Waals surface area contributed by atoms with Crippen LogP contribution in [0.2, 0.25) is 5.15 Å². The molecule has 8 heteroatoms. The van der Waals surface area contributed by atoms with Gasteiger partial charge in [-0.3, -0.25) is 0 Å². The lowest BCUT2D eigenvalue weighted by atomic mass is 9.90. The van der Waals surface area contributed by atoms with E-state index < -0.39 is 11.2 Å². The van der Waals surface area contributed by atoms with Crippen LogP contribution in [0.1, 0.15) is 38.4 Å². The number of hydrogen-bond acceptors (Lipinski definition) is 6. The highest BCUT2D eigenvalue weighted by molar-refractivity contribution is 6.29. The van der Waals surface area contributed by atoms with E-state index in [4.69, 9.17) is 30.5 Å². The second-order valence-corrected chi connectivity index (χ2v) is 9.12. The maximum absolute atomic E-state index is 12.1. The molecule has 1 aromatic rings. The fraction of sp³-hybridized carbons (Fsp3) is 0.700. The number of fused-ring (bicyclic) bond motifs is 2. The van der Waals surface area contributed by atoms with E-state index in [1.807, 2.05) is 20.8 Å². The third-order valence-corrected chi connectivity index (χ3v) is 5.48. The van der Waals surface area contributed by atoms with Gasteiger partial charge in [0.25, 0.3) is 0 Å². The van der Waals surface area contributed by atoms with Gasteiger partial charge in [0, 0.05) is 50.1 Å². The van der Waals surface area contributed by atoms with Crippen molar-refractivity contribution in [3.05, 3.63) is 22.5 Å². The number of carbonyl (C=O) groups is 1. The van der Waals surface area contributed by atoms with Crippen LogP contribution >= 0.6 is 11.6 Å². The first-order chi connectivity index (χ1) is 13.3. The molecule has 1 amide bonds. The average Bonchev–Trinajstić information content (AvgIpc) is 3.02. The SMILES string of the molecule is CC(C)(C)OC(=O)N1CC(COc2cc(Cl)nc3c2CCOC32CCOC2)C1. The van der Waals surface area contributed by atoms with Crippen LogP contribution in [0.5, 0.6) is 5.75 Å². The minimum atomic E-state index is -0.499. The normalized spacial score (nSPS) is 24.8. The summed E-state index contributed by atoms with van der Waals surface area (Å²) in [4.78, 5) is 18.3. The molecule has 4 heterocycles. The molecule has 7 nitrogen and oxygen atoms in total. The molecule has 0 radical (unpaired) electrons. The molecule has 1 aromatic heterocycles. The van der Waals surface area contributed by atoms with Crippen molar-refractivity contribution >= 4 is 17.7 Å². The van der Waals surface area contributed by atoms with Crippen LogP contribution in [-0.4, -0.2) is 61.1 Å². The molecule has 0 aromatic carbocycles. The lowest BCUT2D eigenvalue weighted by molar-refractivity contribution is -0.0671. The van der Waals surface area contributed by atoms with Crippen molar-refractivity contribution in [1.82, 2.24) is 9.88 Å². The van der Waals surface area contributed by atoms with Crippen molar-refractivity contribution < 1.29 is 23.7 Å². The standard InChI is InChI=1S/C20H27ClN2O5/c1-19(2,3)28-18(24)23-9-13(10-23)11-26-15-8-16(21)22-17-14(15)4-6-27-20(17)5-7-25-12-20/h8,13H,4-7,9-12H2,1-3H3. The van der Waals surface area contributed by atoms with Gasteiger partial charge in [-0.25, -0.2) is 9.78 Å². The lowest BCUT2D eigenvalue weighted by Crippen LogP contribution is -2.53. The highest BCUT2D eigenvalue weighted by Gasteiger charge is 2.44. The summed E-state index contributed by atoms with van der Waals surface area (Å²) in [6.07, 6.45) is 1.25. The summed E-state index contributed by atoms with van der Waals surface area (Å²) in [5, 5.41) is 0.398. The van der Waals surface area contributed by atoms with E-state index in [-0.39, 0.29) is 12.0 Å². The third kappa shape index (κ3) is 3.93. The largest absolute Gasteiger partial charge is 0.493 e. The molecule has 154 valence electrons.